The molecular formula is C29H42. The van der Waals surface area contributed by atoms with Crippen LogP contribution in [-0.4, -0.2) is 0 Å². The Labute approximate surface area is 180 Å². The van der Waals surface area contributed by atoms with Gasteiger partial charge in [0, 0.05) is 5.92 Å². The van der Waals surface area contributed by atoms with Crippen LogP contribution in [0.1, 0.15) is 120 Å². The molecule has 0 saturated carbocycles. The van der Waals surface area contributed by atoms with E-state index in [-0.39, 0.29) is 0 Å². The van der Waals surface area contributed by atoms with Gasteiger partial charge in [-0.3, -0.25) is 0 Å². The van der Waals surface area contributed by atoms with Gasteiger partial charge in [0.25, 0.3) is 0 Å². The molecule has 0 nitrogen and oxygen atoms in total. The van der Waals surface area contributed by atoms with Crippen LogP contribution in [0.3, 0.4) is 0 Å². The van der Waals surface area contributed by atoms with E-state index < -0.39 is 0 Å². The summed E-state index contributed by atoms with van der Waals surface area (Å²) in [5.74, 6) is 0.622. The third-order valence-electron chi connectivity index (χ3n) is 6.78. The van der Waals surface area contributed by atoms with Crippen LogP contribution in [0.25, 0.3) is 11.1 Å². The Morgan fingerprint density at radius 3 is 1.97 bits per heavy atom. The zero-order valence-corrected chi connectivity index (χ0v) is 19.0. The normalized spacial score (nSPS) is 14.8. The summed E-state index contributed by atoms with van der Waals surface area (Å²) in [5.41, 5.74) is 7.74. The highest BCUT2D eigenvalue weighted by atomic mass is 14.3. The average molecular weight is 391 g/mol. The molecule has 0 heterocycles. The standard InChI is InChI=1S/C29H42/c1-3-5-7-9-11-13-17-24-21-22-28-26-20-16-15-19-25(26)27(29(28)23-24)18-14-12-10-8-6-4-2/h15-16,19-23,27H,3-14,17-18H2,1-2H3. The Morgan fingerprint density at radius 2 is 1.21 bits per heavy atom. The summed E-state index contributed by atoms with van der Waals surface area (Å²) in [6.45, 7) is 4.60. The highest BCUT2D eigenvalue weighted by Crippen LogP contribution is 2.47. The molecule has 0 spiro atoms. The van der Waals surface area contributed by atoms with Gasteiger partial charge in [-0.05, 0) is 47.1 Å². The molecule has 158 valence electrons. The minimum atomic E-state index is 0.622. The fourth-order valence-corrected chi connectivity index (χ4v) is 5.06. The average Bonchev–Trinajstić information content (AvgIpc) is 3.06. The molecule has 0 aromatic heterocycles. The molecule has 0 heteroatoms. The minimum Gasteiger partial charge on any atom is -0.0654 e. The number of rotatable bonds is 14. The van der Waals surface area contributed by atoms with E-state index in [1.807, 2.05) is 0 Å². The lowest BCUT2D eigenvalue weighted by molar-refractivity contribution is 0.571. The lowest BCUT2D eigenvalue weighted by Gasteiger charge is -2.15. The van der Waals surface area contributed by atoms with E-state index in [0.717, 1.165) is 0 Å². The Balaban J connectivity index is 1.61. The molecule has 3 rings (SSSR count). The molecule has 0 N–H and O–H groups in total. The van der Waals surface area contributed by atoms with E-state index >= 15 is 0 Å². The van der Waals surface area contributed by atoms with Gasteiger partial charge in [0.1, 0.15) is 0 Å². The summed E-state index contributed by atoms with van der Waals surface area (Å²) < 4.78 is 0. The predicted octanol–water partition coefficient (Wildman–Crippen LogP) is 9.45. The van der Waals surface area contributed by atoms with Gasteiger partial charge in [0.15, 0.2) is 0 Å². The van der Waals surface area contributed by atoms with Crippen LogP contribution in [0.15, 0.2) is 42.5 Å². The largest absolute Gasteiger partial charge is 0.0654 e. The highest BCUT2D eigenvalue weighted by Gasteiger charge is 2.27. The fourth-order valence-electron chi connectivity index (χ4n) is 5.06. The van der Waals surface area contributed by atoms with Crippen molar-refractivity contribution in [2.24, 2.45) is 0 Å². The maximum Gasteiger partial charge on any atom is 0.0102 e. The number of unbranched alkanes of at least 4 members (excludes halogenated alkanes) is 10. The SMILES string of the molecule is CCCCCCCCc1ccc2c(c1)C(CCCCCCCC)c1ccccc1-2. The van der Waals surface area contributed by atoms with Gasteiger partial charge in [-0.1, -0.05) is 127 Å². The van der Waals surface area contributed by atoms with Crippen LogP contribution in [0.4, 0.5) is 0 Å². The molecule has 1 unspecified atom stereocenters. The summed E-state index contributed by atoms with van der Waals surface area (Å²) in [4.78, 5) is 0. The van der Waals surface area contributed by atoms with Gasteiger partial charge in [0.05, 0.1) is 0 Å². The van der Waals surface area contributed by atoms with Crippen LogP contribution >= 0.6 is 0 Å². The third-order valence-corrected chi connectivity index (χ3v) is 6.78. The van der Waals surface area contributed by atoms with Crippen LogP contribution in [0.5, 0.6) is 0 Å². The maximum atomic E-state index is 2.56. The first-order valence-corrected chi connectivity index (χ1v) is 12.6. The van der Waals surface area contributed by atoms with Crippen molar-refractivity contribution in [1.29, 1.82) is 0 Å². The number of fused-ring (bicyclic) bond motifs is 3. The van der Waals surface area contributed by atoms with E-state index in [2.05, 4.69) is 56.3 Å². The van der Waals surface area contributed by atoms with E-state index in [1.54, 1.807) is 16.7 Å². The second-order valence-electron chi connectivity index (χ2n) is 9.14. The van der Waals surface area contributed by atoms with Crippen LogP contribution in [0.2, 0.25) is 0 Å². The van der Waals surface area contributed by atoms with Gasteiger partial charge in [-0.25, -0.2) is 0 Å². The van der Waals surface area contributed by atoms with Gasteiger partial charge in [0.2, 0.25) is 0 Å². The zero-order chi connectivity index (χ0) is 20.3. The Bertz CT molecular complexity index is 727. The summed E-state index contributed by atoms with van der Waals surface area (Å²) in [6, 6.07) is 16.5. The smallest absolute Gasteiger partial charge is 0.0102 e. The molecule has 1 aliphatic rings. The quantitative estimate of drug-likeness (QED) is 0.282. The zero-order valence-electron chi connectivity index (χ0n) is 19.0. The fraction of sp³-hybridized carbons (Fsp3) is 0.586. The molecular weight excluding hydrogens is 348 g/mol. The van der Waals surface area contributed by atoms with Crippen molar-refractivity contribution >= 4 is 0 Å². The number of aryl methyl sites for hydroxylation is 1. The topological polar surface area (TPSA) is 0 Å². The summed E-state index contributed by atoms with van der Waals surface area (Å²) in [5, 5.41) is 0. The van der Waals surface area contributed by atoms with Crippen LogP contribution < -0.4 is 0 Å². The summed E-state index contributed by atoms with van der Waals surface area (Å²) in [7, 11) is 0. The monoisotopic (exact) mass is 390 g/mol. The second kappa shape index (κ2) is 12.2. The van der Waals surface area contributed by atoms with Crippen LogP contribution in [-0.2, 0) is 6.42 Å². The van der Waals surface area contributed by atoms with Gasteiger partial charge in [-0.2, -0.15) is 0 Å². The van der Waals surface area contributed by atoms with Crippen LogP contribution in [0, 0.1) is 0 Å². The number of hydrogen-bond acceptors (Lipinski definition) is 0. The molecule has 2 aromatic carbocycles. The molecule has 1 aliphatic carbocycles. The van der Waals surface area contributed by atoms with E-state index in [1.165, 1.54) is 101 Å². The van der Waals surface area contributed by atoms with Gasteiger partial charge in [-0.15, -0.1) is 0 Å². The van der Waals surface area contributed by atoms with Crippen molar-refractivity contribution in [3.05, 3.63) is 59.2 Å². The first-order valence-electron chi connectivity index (χ1n) is 12.6. The van der Waals surface area contributed by atoms with Crippen molar-refractivity contribution in [3.8, 4) is 11.1 Å². The van der Waals surface area contributed by atoms with Gasteiger partial charge >= 0.3 is 0 Å². The predicted molar refractivity (Wildman–Crippen MR) is 129 cm³/mol. The number of hydrogen-bond donors (Lipinski definition) is 0. The molecule has 1 atom stereocenters. The molecule has 0 fully saturated rings. The minimum absolute atomic E-state index is 0.622. The van der Waals surface area contributed by atoms with Crippen molar-refractivity contribution in [2.45, 2.75) is 110 Å². The number of benzene rings is 2. The van der Waals surface area contributed by atoms with Crippen molar-refractivity contribution in [3.63, 3.8) is 0 Å². The first-order chi connectivity index (χ1) is 14.3. The first kappa shape index (κ1) is 22.1. The van der Waals surface area contributed by atoms with Crippen molar-refractivity contribution in [2.75, 3.05) is 0 Å². The van der Waals surface area contributed by atoms with E-state index in [4.69, 9.17) is 0 Å². The molecule has 0 radical (unpaired) electrons. The Kier molecular flexibility index (Phi) is 9.32. The highest BCUT2D eigenvalue weighted by molar-refractivity contribution is 5.79. The molecule has 29 heavy (non-hydrogen) atoms. The second-order valence-corrected chi connectivity index (χ2v) is 9.14. The summed E-state index contributed by atoms with van der Waals surface area (Å²) in [6.07, 6.45) is 19.2. The lowest BCUT2D eigenvalue weighted by atomic mass is 9.89. The molecule has 2 aromatic rings. The molecule has 0 aliphatic heterocycles. The van der Waals surface area contributed by atoms with Gasteiger partial charge < -0.3 is 0 Å². The van der Waals surface area contributed by atoms with Crippen molar-refractivity contribution < 1.29 is 0 Å². The van der Waals surface area contributed by atoms with E-state index in [9.17, 15) is 0 Å². The molecule has 0 amide bonds. The third kappa shape index (κ3) is 6.21. The molecule has 0 saturated heterocycles. The Morgan fingerprint density at radius 1 is 0.586 bits per heavy atom. The lowest BCUT2D eigenvalue weighted by Crippen LogP contribution is -1.98. The summed E-state index contributed by atoms with van der Waals surface area (Å²) >= 11 is 0. The van der Waals surface area contributed by atoms with Crippen molar-refractivity contribution in [1.82, 2.24) is 0 Å². The molecule has 0 bridgehead atoms. The maximum absolute atomic E-state index is 2.56. The Hall–Kier alpha value is -1.56. The van der Waals surface area contributed by atoms with E-state index in [0.29, 0.717) is 5.92 Å².